The molecule has 1 atom stereocenters. The van der Waals surface area contributed by atoms with E-state index in [1.807, 2.05) is 41.9 Å². The van der Waals surface area contributed by atoms with Gasteiger partial charge in [-0.15, -0.1) is 11.3 Å². The highest BCUT2D eigenvalue weighted by atomic mass is 32.1. The molecule has 2 heterocycles. The molecule has 3 rings (SSSR count). The molecule has 3 aromatic rings. The van der Waals surface area contributed by atoms with Gasteiger partial charge in [0.15, 0.2) is 0 Å². The maximum Gasteiger partial charge on any atom is 0.207 e. The van der Waals surface area contributed by atoms with Gasteiger partial charge in [-0.2, -0.15) is 0 Å². The number of benzene rings is 1. The average Bonchev–Trinajstić information content (AvgIpc) is 3.09. The molecule has 0 saturated carbocycles. The summed E-state index contributed by atoms with van der Waals surface area (Å²) >= 11 is 1.82. The molecule has 0 amide bonds. The number of anilines is 1. The van der Waals surface area contributed by atoms with Crippen molar-refractivity contribution in [1.82, 2.24) is 9.55 Å². The molecule has 0 aliphatic rings. The van der Waals surface area contributed by atoms with E-state index >= 15 is 0 Å². The highest BCUT2D eigenvalue weighted by Gasteiger charge is 2.11. The van der Waals surface area contributed by atoms with Crippen LogP contribution in [0.1, 0.15) is 22.7 Å². The molecule has 2 aromatic heterocycles. The van der Waals surface area contributed by atoms with Crippen molar-refractivity contribution in [3.8, 4) is 5.69 Å². The van der Waals surface area contributed by atoms with Crippen molar-refractivity contribution >= 4 is 17.3 Å². The molecule has 0 radical (unpaired) electrons. The third kappa shape index (κ3) is 2.60. The van der Waals surface area contributed by atoms with Gasteiger partial charge >= 0.3 is 0 Å². The molecule has 0 fully saturated rings. The number of thiophene rings is 1. The lowest BCUT2D eigenvalue weighted by molar-refractivity contribution is 0.869. The van der Waals surface area contributed by atoms with Crippen LogP contribution in [0.4, 0.5) is 5.95 Å². The summed E-state index contributed by atoms with van der Waals surface area (Å²) in [5, 5.41) is 3.48. The Bertz CT molecular complexity index is 685. The Morgan fingerprint density at radius 2 is 1.95 bits per heavy atom. The summed E-state index contributed by atoms with van der Waals surface area (Å²) in [6.45, 7) is 4.29. The Morgan fingerprint density at radius 3 is 2.65 bits per heavy atom. The van der Waals surface area contributed by atoms with Gasteiger partial charge in [-0.3, -0.25) is 4.57 Å². The van der Waals surface area contributed by atoms with Crippen molar-refractivity contribution in [3.05, 3.63) is 64.6 Å². The van der Waals surface area contributed by atoms with Crippen LogP contribution >= 0.6 is 11.3 Å². The minimum Gasteiger partial charge on any atom is -0.348 e. The van der Waals surface area contributed by atoms with Crippen LogP contribution in [-0.2, 0) is 0 Å². The van der Waals surface area contributed by atoms with Gasteiger partial charge in [0.05, 0.1) is 6.04 Å². The van der Waals surface area contributed by atoms with Crippen LogP contribution in [0.15, 0.2) is 54.9 Å². The van der Waals surface area contributed by atoms with Crippen LogP contribution in [0, 0.1) is 6.92 Å². The van der Waals surface area contributed by atoms with E-state index in [1.165, 1.54) is 9.75 Å². The van der Waals surface area contributed by atoms with Crippen LogP contribution in [0.5, 0.6) is 0 Å². The molecular formula is C16H17N3S. The summed E-state index contributed by atoms with van der Waals surface area (Å²) in [5.74, 6) is 0.870. The Kier molecular flexibility index (Phi) is 3.56. The number of para-hydroxylation sites is 1. The second-order valence-electron chi connectivity index (χ2n) is 4.77. The smallest absolute Gasteiger partial charge is 0.207 e. The topological polar surface area (TPSA) is 29.9 Å². The monoisotopic (exact) mass is 283 g/mol. The van der Waals surface area contributed by atoms with Crippen molar-refractivity contribution in [2.45, 2.75) is 19.9 Å². The minimum atomic E-state index is 0.249. The van der Waals surface area contributed by atoms with E-state index in [4.69, 9.17) is 0 Å². The fraction of sp³-hybridized carbons (Fsp3) is 0.188. The number of nitrogens with zero attached hydrogens (tertiary/aromatic N) is 2. The molecule has 0 bridgehead atoms. The van der Waals surface area contributed by atoms with E-state index in [1.54, 1.807) is 0 Å². The van der Waals surface area contributed by atoms with E-state index in [9.17, 15) is 0 Å². The van der Waals surface area contributed by atoms with Gasteiger partial charge in [-0.25, -0.2) is 4.98 Å². The third-order valence-electron chi connectivity index (χ3n) is 3.21. The first-order valence-electron chi connectivity index (χ1n) is 6.65. The number of hydrogen-bond donors (Lipinski definition) is 1. The predicted octanol–water partition coefficient (Wildman–Crippen LogP) is 4.42. The number of rotatable bonds is 4. The molecular weight excluding hydrogens is 266 g/mol. The van der Waals surface area contributed by atoms with Crippen LogP contribution in [0.3, 0.4) is 0 Å². The number of aromatic nitrogens is 2. The Morgan fingerprint density at radius 1 is 1.15 bits per heavy atom. The van der Waals surface area contributed by atoms with Gasteiger partial charge in [0.2, 0.25) is 5.95 Å². The second-order valence-corrected chi connectivity index (χ2v) is 6.09. The normalized spacial score (nSPS) is 12.3. The van der Waals surface area contributed by atoms with E-state index in [-0.39, 0.29) is 6.04 Å². The number of nitrogens with one attached hydrogen (secondary N) is 1. The van der Waals surface area contributed by atoms with Crippen molar-refractivity contribution in [3.63, 3.8) is 0 Å². The zero-order chi connectivity index (χ0) is 13.9. The van der Waals surface area contributed by atoms with E-state index < -0.39 is 0 Å². The highest BCUT2D eigenvalue weighted by molar-refractivity contribution is 7.12. The number of hydrogen-bond acceptors (Lipinski definition) is 3. The number of imidazole rings is 1. The standard InChI is InChI=1S/C16H17N3S/c1-12-8-9-15(20-12)13(2)18-16-17-10-11-19(16)14-6-4-3-5-7-14/h3-11,13H,1-2H3,(H,17,18). The van der Waals surface area contributed by atoms with Gasteiger partial charge in [-0.05, 0) is 38.1 Å². The quantitative estimate of drug-likeness (QED) is 0.768. The summed E-state index contributed by atoms with van der Waals surface area (Å²) in [5.41, 5.74) is 1.11. The Labute approximate surface area is 122 Å². The summed E-state index contributed by atoms with van der Waals surface area (Å²) in [6.07, 6.45) is 3.80. The second kappa shape index (κ2) is 5.51. The van der Waals surface area contributed by atoms with Crippen LogP contribution in [0.2, 0.25) is 0 Å². The first kappa shape index (κ1) is 12.9. The van der Waals surface area contributed by atoms with Gasteiger partial charge < -0.3 is 5.32 Å². The Balaban J connectivity index is 1.84. The highest BCUT2D eigenvalue weighted by Crippen LogP contribution is 2.26. The fourth-order valence-corrected chi connectivity index (χ4v) is 3.04. The van der Waals surface area contributed by atoms with Crippen LogP contribution in [0.25, 0.3) is 5.69 Å². The van der Waals surface area contributed by atoms with Crippen LogP contribution in [-0.4, -0.2) is 9.55 Å². The van der Waals surface area contributed by atoms with E-state index in [2.05, 4.69) is 53.0 Å². The molecule has 3 nitrogen and oxygen atoms in total. The van der Waals surface area contributed by atoms with Gasteiger partial charge in [0, 0.05) is 27.8 Å². The molecule has 4 heteroatoms. The van der Waals surface area contributed by atoms with Crippen molar-refractivity contribution < 1.29 is 0 Å². The molecule has 0 spiro atoms. The zero-order valence-electron chi connectivity index (χ0n) is 11.6. The predicted molar refractivity (Wildman–Crippen MR) is 84.7 cm³/mol. The third-order valence-corrected chi connectivity index (χ3v) is 4.39. The van der Waals surface area contributed by atoms with E-state index in [0.717, 1.165) is 11.6 Å². The molecule has 1 unspecified atom stereocenters. The van der Waals surface area contributed by atoms with E-state index in [0.29, 0.717) is 0 Å². The van der Waals surface area contributed by atoms with Gasteiger partial charge in [0.25, 0.3) is 0 Å². The lowest BCUT2D eigenvalue weighted by Gasteiger charge is -2.14. The molecule has 1 aromatic carbocycles. The number of aryl methyl sites for hydroxylation is 1. The SMILES string of the molecule is Cc1ccc(C(C)Nc2nccn2-c2ccccc2)s1. The van der Waals surface area contributed by atoms with Crippen molar-refractivity contribution in [2.24, 2.45) is 0 Å². The lowest BCUT2D eigenvalue weighted by Crippen LogP contribution is -2.09. The molecule has 0 aliphatic carbocycles. The first-order valence-corrected chi connectivity index (χ1v) is 7.47. The summed E-state index contributed by atoms with van der Waals surface area (Å²) in [4.78, 5) is 7.08. The van der Waals surface area contributed by atoms with Crippen molar-refractivity contribution in [2.75, 3.05) is 5.32 Å². The molecule has 102 valence electrons. The summed E-state index contributed by atoms with van der Waals surface area (Å²) in [7, 11) is 0. The maximum absolute atomic E-state index is 4.42. The van der Waals surface area contributed by atoms with Crippen molar-refractivity contribution in [1.29, 1.82) is 0 Å². The Hall–Kier alpha value is -2.07. The summed E-state index contributed by atoms with van der Waals surface area (Å²) < 4.78 is 2.07. The molecule has 1 N–H and O–H groups in total. The average molecular weight is 283 g/mol. The molecule has 0 aliphatic heterocycles. The van der Waals surface area contributed by atoms with Gasteiger partial charge in [-0.1, -0.05) is 18.2 Å². The lowest BCUT2D eigenvalue weighted by atomic mass is 10.3. The maximum atomic E-state index is 4.42. The molecule has 20 heavy (non-hydrogen) atoms. The largest absolute Gasteiger partial charge is 0.348 e. The summed E-state index contributed by atoms with van der Waals surface area (Å²) in [6, 6.07) is 14.8. The van der Waals surface area contributed by atoms with Crippen LogP contribution < -0.4 is 5.32 Å². The van der Waals surface area contributed by atoms with Gasteiger partial charge in [0.1, 0.15) is 0 Å². The minimum absolute atomic E-state index is 0.249. The zero-order valence-corrected chi connectivity index (χ0v) is 12.4. The molecule has 0 saturated heterocycles. The fourth-order valence-electron chi connectivity index (χ4n) is 2.16. The first-order chi connectivity index (χ1) is 9.74.